The van der Waals surface area contributed by atoms with E-state index in [0.29, 0.717) is 0 Å². The minimum Gasteiger partial charge on any atom is -0.386 e. The van der Waals surface area contributed by atoms with Crippen LogP contribution in [-0.4, -0.2) is 78.9 Å². The number of ether oxygens (including phenoxy) is 1. The lowest BCUT2D eigenvalue weighted by Crippen LogP contribution is -2.36. The van der Waals surface area contributed by atoms with Crippen molar-refractivity contribution < 1.29 is 70.8 Å². The molecule has 0 saturated carbocycles. The molecular formula is C10H18N6O15P4. The Kier molecular flexibility index (Phi) is 8.04. The minimum atomic E-state index is -5.65. The van der Waals surface area contributed by atoms with E-state index < -0.39 is 62.3 Å². The zero-order valence-electron chi connectivity index (χ0n) is 16.7. The highest BCUT2D eigenvalue weighted by Crippen LogP contribution is 2.60. The lowest BCUT2D eigenvalue weighted by molar-refractivity contribution is -0.0499. The van der Waals surface area contributed by atoms with E-state index in [-0.39, 0.29) is 17.0 Å². The largest absolute Gasteiger partial charge is 0.477 e. The smallest absolute Gasteiger partial charge is 0.386 e. The molecule has 2 aromatic heterocycles. The molecule has 21 nitrogen and oxygen atoms in total. The summed E-state index contributed by atoms with van der Waals surface area (Å²) in [6, 6.07) is 0. The number of imidazole rings is 1. The first-order valence-corrected chi connectivity index (χ1v) is 15.0. The van der Waals surface area contributed by atoms with Crippen molar-refractivity contribution in [3.8, 4) is 0 Å². The second-order valence-electron chi connectivity index (χ2n) is 6.71. The molecule has 2 unspecified atom stereocenters. The number of phosphoric ester groups is 1. The van der Waals surface area contributed by atoms with Gasteiger partial charge in [0.25, 0.3) is 0 Å². The van der Waals surface area contributed by atoms with Crippen LogP contribution < -0.4 is 10.6 Å². The van der Waals surface area contributed by atoms with Gasteiger partial charge in [-0.3, -0.25) is 13.6 Å². The van der Waals surface area contributed by atoms with Crippen molar-refractivity contribution in [3.05, 3.63) is 12.7 Å². The Morgan fingerprint density at radius 3 is 2.29 bits per heavy atom. The molecule has 3 heterocycles. The van der Waals surface area contributed by atoms with E-state index in [2.05, 4.69) is 23.8 Å². The topological polar surface area (TPSA) is 328 Å². The van der Waals surface area contributed by atoms with Gasteiger partial charge in [-0.1, -0.05) is 0 Å². The van der Waals surface area contributed by atoms with E-state index in [9.17, 15) is 33.2 Å². The lowest BCUT2D eigenvalue weighted by Gasteiger charge is -2.24. The third-order valence-electron chi connectivity index (χ3n) is 4.11. The number of nitrogens with zero attached hydrogens (tertiary/aromatic N) is 4. The van der Waals surface area contributed by atoms with Crippen LogP contribution in [0.4, 0.5) is 5.82 Å². The fourth-order valence-corrected chi connectivity index (χ4v) is 6.98. The quantitative estimate of drug-likeness (QED) is 0.137. The number of aromatic nitrogens is 4. The van der Waals surface area contributed by atoms with Crippen LogP contribution >= 0.6 is 31.1 Å². The highest BCUT2D eigenvalue weighted by Gasteiger charge is 2.51. The summed E-state index contributed by atoms with van der Waals surface area (Å²) in [5.41, 5.74) is 5.76. The summed E-state index contributed by atoms with van der Waals surface area (Å²) in [6.45, 7) is -1.03. The fourth-order valence-electron chi connectivity index (χ4n) is 2.95. The number of aliphatic hydroxyl groups excluding tert-OH is 1. The molecule has 1 aliphatic heterocycles. The molecule has 0 radical (unpaired) electrons. The number of nitrogens with two attached hydrogens (primary N) is 1. The molecule has 0 bridgehead atoms. The van der Waals surface area contributed by atoms with Gasteiger partial charge in [0.1, 0.15) is 30.2 Å². The average Bonchev–Trinajstić information content (AvgIpc) is 3.19. The molecule has 1 aliphatic rings. The number of hydrogen-bond acceptors (Lipinski definition) is 13. The van der Waals surface area contributed by atoms with Gasteiger partial charge in [0.05, 0.1) is 12.9 Å². The van der Waals surface area contributed by atoms with Gasteiger partial charge in [-0.2, -0.15) is 4.31 Å². The minimum absolute atomic E-state index is 0.0112. The second kappa shape index (κ2) is 9.92. The molecule has 10 N–H and O–H groups in total. The Morgan fingerprint density at radius 1 is 1.03 bits per heavy atom. The molecule has 0 aromatic carbocycles. The zero-order valence-corrected chi connectivity index (χ0v) is 20.3. The maximum absolute atomic E-state index is 12.4. The van der Waals surface area contributed by atoms with Crippen molar-refractivity contribution in [1.82, 2.24) is 24.4 Å². The zero-order chi connectivity index (χ0) is 26.4. The number of fused-ring (bicyclic) bond motifs is 1. The van der Waals surface area contributed by atoms with Crippen molar-refractivity contribution in [2.75, 3.05) is 12.3 Å². The van der Waals surface area contributed by atoms with Crippen LogP contribution in [0.2, 0.25) is 0 Å². The summed E-state index contributed by atoms with van der Waals surface area (Å²) in [6.07, 6.45) is -5.07. The number of anilines is 1. The third kappa shape index (κ3) is 7.41. The summed E-state index contributed by atoms with van der Waals surface area (Å²) in [5.74, 6) is -0.0526. The Hall–Kier alpha value is -1.21. The maximum atomic E-state index is 12.4. The van der Waals surface area contributed by atoms with Crippen molar-refractivity contribution in [1.29, 1.82) is 0 Å². The first-order chi connectivity index (χ1) is 15.9. The summed E-state index contributed by atoms with van der Waals surface area (Å²) in [5, 5.41) is 10.7. The average molecular weight is 586 g/mol. The third-order valence-corrected chi connectivity index (χ3v) is 8.88. The molecule has 1 saturated heterocycles. The monoisotopic (exact) mass is 586 g/mol. The predicted molar refractivity (Wildman–Crippen MR) is 108 cm³/mol. The van der Waals surface area contributed by atoms with Crippen LogP contribution in [0.1, 0.15) is 6.23 Å². The van der Waals surface area contributed by atoms with E-state index in [1.54, 1.807) is 0 Å². The predicted octanol–water partition coefficient (Wildman–Crippen LogP) is -1.94. The van der Waals surface area contributed by atoms with E-state index in [1.807, 2.05) is 0 Å². The summed E-state index contributed by atoms with van der Waals surface area (Å²) in [4.78, 5) is 67.1. The Labute approximate surface area is 193 Å². The normalized spacial score (nSPS) is 27.1. The summed E-state index contributed by atoms with van der Waals surface area (Å²) < 4.78 is 65.0. The molecule has 198 valence electrons. The summed E-state index contributed by atoms with van der Waals surface area (Å²) in [7, 11) is -21.9. The highest BCUT2D eigenvalue weighted by molar-refractivity contribution is 7.70. The van der Waals surface area contributed by atoms with Crippen LogP contribution in [-0.2, 0) is 36.4 Å². The van der Waals surface area contributed by atoms with Gasteiger partial charge in [0.15, 0.2) is 17.7 Å². The van der Waals surface area contributed by atoms with Gasteiger partial charge in [-0.15, -0.1) is 4.86 Å². The molecule has 6 atom stereocenters. The van der Waals surface area contributed by atoms with E-state index in [1.165, 1.54) is 0 Å². The second-order valence-corrected chi connectivity index (χ2v) is 12.7. The van der Waals surface area contributed by atoms with Crippen LogP contribution in [0, 0.1) is 0 Å². The van der Waals surface area contributed by atoms with Crippen molar-refractivity contribution in [3.63, 3.8) is 0 Å². The molecule has 0 amide bonds. The van der Waals surface area contributed by atoms with Crippen LogP contribution in [0.3, 0.4) is 0 Å². The van der Waals surface area contributed by atoms with Gasteiger partial charge in [-0.25, -0.2) is 33.2 Å². The SMILES string of the molecule is Nc1ncnc2c1ncn2[C@@H]1O[C@H](COP(=O)(O)O)[C@@H](OP(=O)(O)NP(=O)(O)OP(=O)(O)O)[C@H]1O. The number of nitrogens with one attached hydrogen (secondary N) is 1. The van der Waals surface area contributed by atoms with Crippen molar-refractivity contribution >= 4 is 48.1 Å². The molecular weight excluding hydrogens is 568 g/mol. The van der Waals surface area contributed by atoms with Gasteiger partial charge in [-0.05, 0) is 0 Å². The molecule has 1 fully saturated rings. The molecule has 0 aliphatic carbocycles. The van der Waals surface area contributed by atoms with E-state index in [4.69, 9.17) is 34.6 Å². The van der Waals surface area contributed by atoms with Crippen molar-refractivity contribution in [2.45, 2.75) is 24.5 Å². The lowest BCUT2D eigenvalue weighted by atomic mass is 10.1. The summed E-state index contributed by atoms with van der Waals surface area (Å²) >= 11 is 0. The van der Waals surface area contributed by atoms with Crippen LogP contribution in [0.15, 0.2) is 12.7 Å². The van der Waals surface area contributed by atoms with Gasteiger partial charge >= 0.3 is 31.1 Å². The standard InChI is InChI=1S/C10H18N6O15P4/c11-8-5-9(13-2-12-8)16(3-14-5)10-6(17)7(4(29-10)1-28-34(22,23)24)30-32(18,19)15-33(20,21)31-35(25,26)27/h2-4,6-7,10,17H,1H2,(H2,11,12,13)(H2,22,23,24)(H2,25,26,27)(H3,15,18,19,20,21)/t4-,6-,7-,10-/m1/s1. The molecule has 3 rings (SSSR count). The van der Waals surface area contributed by atoms with E-state index >= 15 is 0 Å². The first-order valence-electron chi connectivity index (χ1n) is 8.74. The molecule has 35 heavy (non-hydrogen) atoms. The fraction of sp³-hybridized carbons (Fsp3) is 0.500. The van der Waals surface area contributed by atoms with Gasteiger partial charge < -0.3 is 44.9 Å². The van der Waals surface area contributed by atoms with Crippen LogP contribution in [0.25, 0.3) is 11.2 Å². The number of nitrogen functional groups attached to an aromatic ring is 1. The van der Waals surface area contributed by atoms with E-state index in [0.717, 1.165) is 22.1 Å². The molecule has 2 aromatic rings. The Morgan fingerprint density at radius 2 is 1.69 bits per heavy atom. The number of rotatable bonds is 10. The highest BCUT2D eigenvalue weighted by atomic mass is 31.3. The van der Waals surface area contributed by atoms with Gasteiger partial charge in [0.2, 0.25) is 0 Å². The Bertz CT molecular complexity index is 1280. The van der Waals surface area contributed by atoms with Gasteiger partial charge in [0, 0.05) is 0 Å². The number of hydrogen-bond donors (Lipinski definition) is 9. The molecule has 25 heteroatoms. The van der Waals surface area contributed by atoms with Crippen LogP contribution in [0.5, 0.6) is 0 Å². The molecule has 0 spiro atoms. The number of phosphoric acid groups is 2. The number of aliphatic hydroxyl groups is 1. The Balaban J connectivity index is 1.89. The first kappa shape index (κ1) is 28.4. The maximum Gasteiger partial charge on any atom is 0.477 e. The van der Waals surface area contributed by atoms with Crippen molar-refractivity contribution in [2.24, 2.45) is 0 Å².